The highest BCUT2D eigenvalue weighted by Crippen LogP contribution is 2.30. The van der Waals surface area contributed by atoms with Crippen molar-refractivity contribution < 1.29 is 5.11 Å². The summed E-state index contributed by atoms with van der Waals surface area (Å²) in [5.41, 5.74) is 0.734. The van der Waals surface area contributed by atoms with Crippen LogP contribution in [0, 0.1) is 0 Å². The van der Waals surface area contributed by atoms with E-state index in [-0.39, 0.29) is 10.5 Å². The van der Waals surface area contributed by atoms with E-state index in [4.69, 9.17) is 12.2 Å². The number of aliphatic hydroxyl groups is 1. The van der Waals surface area contributed by atoms with Gasteiger partial charge in [-0.2, -0.15) is 0 Å². The van der Waals surface area contributed by atoms with E-state index in [9.17, 15) is 5.11 Å². The van der Waals surface area contributed by atoms with E-state index < -0.39 is 0 Å². The maximum absolute atomic E-state index is 9.68. The number of hydrogen-bond donors (Lipinski definition) is 1. The summed E-state index contributed by atoms with van der Waals surface area (Å²) in [6.45, 7) is 4.16. The Kier molecular flexibility index (Phi) is 4.28. The van der Waals surface area contributed by atoms with Gasteiger partial charge in [-0.1, -0.05) is 50.1 Å². The molecule has 82 valence electrons. The van der Waals surface area contributed by atoms with Crippen molar-refractivity contribution in [3.8, 4) is 0 Å². The average Bonchev–Trinajstić information content (AvgIpc) is 2.27. The van der Waals surface area contributed by atoms with E-state index in [1.54, 1.807) is 0 Å². The predicted octanol–water partition coefficient (Wildman–Crippen LogP) is 4.02. The van der Waals surface area contributed by atoms with Crippen LogP contribution >= 0.6 is 12.2 Å². The number of thiocarbonyl (C=S) groups is 1. The summed E-state index contributed by atoms with van der Waals surface area (Å²) in [5.74, 6) is 0. The minimum absolute atomic E-state index is 0.0992. The summed E-state index contributed by atoms with van der Waals surface area (Å²) in [4.78, 5) is 0. The quantitative estimate of drug-likeness (QED) is 0.759. The highest BCUT2D eigenvalue weighted by Gasteiger charge is 2.30. The molecular formula is C13H18OS. The maximum atomic E-state index is 9.68. The SMILES string of the molecule is CCCCC(C)(C(O)=S)c1ccccc1. The summed E-state index contributed by atoms with van der Waals surface area (Å²) >= 11 is 4.98. The largest absolute Gasteiger partial charge is 0.501 e. The van der Waals surface area contributed by atoms with Gasteiger partial charge in [0.25, 0.3) is 0 Å². The third kappa shape index (κ3) is 2.78. The maximum Gasteiger partial charge on any atom is 0.167 e. The molecule has 0 amide bonds. The molecule has 1 N–H and O–H groups in total. The smallest absolute Gasteiger partial charge is 0.167 e. The van der Waals surface area contributed by atoms with Gasteiger partial charge in [-0.15, -0.1) is 0 Å². The van der Waals surface area contributed by atoms with Crippen LogP contribution in [0.15, 0.2) is 30.3 Å². The lowest BCUT2D eigenvalue weighted by Gasteiger charge is -2.27. The second-order valence-corrected chi connectivity index (χ2v) is 4.49. The molecule has 1 atom stereocenters. The first-order chi connectivity index (χ1) is 7.11. The predicted molar refractivity (Wildman–Crippen MR) is 68.5 cm³/mol. The van der Waals surface area contributed by atoms with Crippen molar-refractivity contribution in [3.05, 3.63) is 35.9 Å². The highest BCUT2D eigenvalue weighted by atomic mass is 32.1. The van der Waals surface area contributed by atoms with Crippen LogP contribution in [0.2, 0.25) is 0 Å². The van der Waals surface area contributed by atoms with E-state index >= 15 is 0 Å². The second kappa shape index (κ2) is 5.26. The minimum Gasteiger partial charge on any atom is -0.501 e. The summed E-state index contributed by atoms with van der Waals surface area (Å²) in [7, 11) is 0. The van der Waals surface area contributed by atoms with E-state index in [1.165, 1.54) is 0 Å². The second-order valence-electron chi connectivity index (χ2n) is 4.11. The van der Waals surface area contributed by atoms with Crippen LogP contribution < -0.4 is 0 Å². The Labute approximate surface area is 97.1 Å². The molecule has 1 nitrogen and oxygen atoms in total. The van der Waals surface area contributed by atoms with Gasteiger partial charge in [0.15, 0.2) is 5.05 Å². The average molecular weight is 222 g/mol. The fourth-order valence-corrected chi connectivity index (χ4v) is 1.93. The first kappa shape index (κ1) is 12.2. The zero-order valence-electron chi connectivity index (χ0n) is 9.36. The zero-order valence-corrected chi connectivity index (χ0v) is 10.2. The van der Waals surface area contributed by atoms with Gasteiger partial charge in [0, 0.05) is 0 Å². The van der Waals surface area contributed by atoms with Gasteiger partial charge in [-0.05, 0) is 31.1 Å². The van der Waals surface area contributed by atoms with E-state index in [1.807, 2.05) is 37.3 Å². The first-order valence-corrected chi connectivity index (χ1v) is 5.81. The molecule has 0 fully saturated rings. The van der Waals surface area contributed by atoms with Crippen LogP contribution in [0.5, 0.6) is 0 Å². The Morgan fingerprint density at radius 1 is 1.33 bits per heavy atom. The topological polar surface area (TPSA) is 20.2 Å². The molecule has 0 aliphatic rings. The molecule has 0 heterocycles. The monoisotopic (exact) mass is 222 g/mol. The van der Waals surface area contributed by atoms with Crippen LogP contribution in [0.25, 0.3) is 0 Å². The zero-order chi connectivity index (χ0) is 11.3. The summed E-state index contributed by atoms with van der Waals surface area (Å²) in [6.07, 6.45) is 3.10. The molecule has 0 radical (unpaired) electrons. The van der Waals surface area contributed by atoms with Gasteiger partial charge in [-0.25, -0.2) is 0 Å². The number of rotatable bonds is 5. The molecule has 0 spiro atoms. The van der Waals surface area contributed by atoms with Crippen molar-refractivity contribution in [1.29, 1.82) is 0 Å². The highest BCUT2D eigenvalue weighted by molar-refractivity contribution is 7.80. The molecule has 0 aromatic heterocycles. The normalized spacial score (nSPS) is 14.5. The van der Waals surface area contributed by atoms with Crippen LogP contribution in [-0.4, -0.2) is 10.2 Å². The number of unbranched alkanes of at least 4 members (excludes halogenated alkanes) is 1. The van der Waals surface area contributed by atoms with Crippen molar-refractivity contribution in [1.82, 2.24) is 0 Å². The Morgan fingerprint density at radius 2 is 1.93 bits per heavy atom. The van der Waals surface area contributed by atoms with E-state index in [0.29, 0.717) is 0 Å². The van der Waals surface area contributed by atoms with Crippen molar-refractivity contribution in [2.45, 2.75) is 38.5 Å². The third-order valence-electron chi connectivity index (χ3n) is 2.91. The molecule has 0 bridgehead atoms. The third-order valence-corrected chi connectivity index (χ3v) is 3.36. The van der Waals surface area contributed by atoms with Crippen molar-refractivity contribution in [2.75, 3.05) is 0 Å². The first-order valence-electron chi connectivity index (χ1n) is 5.40. The number of hydrogen-bond acceptors (Lipinski definition) is 1. The van der Waals surface area contributed by atoms with Gasteiger partial charge in [-0.3, -0.25) is 0 Å². The molecule has 1 aromatic carbocycles. The molecule has 0 saturated heterocycles. The van der Waals surface area contributed by atoms with E-state index in [2.05, 4.69) is 6.92 Å². The van der Waals surface area contributed by atoms with Crippen LogP contribution in [-0.2, 0) is 5.41 Å². The number of aliphatic hydroxyl groups excluding tert-OH is 1. The summed E-state index contributed by atoms with van der Waals surface area (Å²) in [6, 6.07) is 10.00. The lowest BCUT2D eigenvalue weighted by Crippen LogP contribution is -2.30. The Hall–Kier alpha value is -0.890. The molecule has 2 heteroatoms. The van der Waals surface area contributed by atoms with Crippen LogP contribution in [0.3, 0.4) is 0 Å². The number of benzene rings is 1. The van der Waals surface area contributed by atoms with Crippen LogP contribution in [0.4, 0.5) is 0 Å². The lowest BCUT2D eigenvalue weighted by molar-refractivity contribution is 0.441. The molecule has 1 rings (SSSR count). The molecular weight excluding hydrogens is 204 g/mol. The fraction of sp³-hybridized carbons (Fsp3) is 0.462. The van der Waals surface area contributed by atoms with Crippen LogP contribution in [0.1, 0.15) is 38.7 Å². The Morgan fingerprint density at radius 3 is 2.40 bits per heavy atom. The fourth-order valence-electron chi connectivity index (χ4n) is 1.71. The van der Waals surface area contributed by atoms with Gasteiger partial charge in [0.2, 0.25) is 0 Å². The molecule has 1 unspecified atom stereocenters. The standard InChI is InChI=1S/C13H18OS/c1-3-4-10-13(2,12(14)15)11-8-6-5-7-9-11/h5-9H,3-4,10H2,1-2H3,(H,14,15). The molecule has 15 heavy (non-hydrogen) atoms. The van der Waals surface area contributed by atoms with Crippen molar-refractivity contribution in [2.24, 2.45) is 0 Å². The molecule has 0 saturated carbocycles. The molecule has 0 aliphatic heterocycles. The minimum atomic E-state index is -0.368. The summed E-state index contributed by atoms with van der Waals surface area (Å²) in [5, 5.41) is 9.78. The molecule has 1 aromatic rings. The van der Waals surface area contributed by atoms with Crippen molar-refractivity contribution >= 4 is 17.3 Å². The van der Waals surface area contributed by atoms with E-state index in [0.717, 1.165) is 24.8 Å². The molecule has 0 aliphatic carbocycles. The summed E-state index contributed by atoms with van der Waals surface area (Å²) < 4.78 is 0. The van der Waals surface area contributed by atoms with Gasteiger partial charge in [0.05, 0.1) is 5.41 Å². The van der Waals surface area contributed by atoms with Gasteiger partial charge in [0.1, 0.15) is 0 Å². The lowest BCUT2D eigenvalue weighted by atomic mass is 9.79. The van der Waals surface area contributed by atoms with Crippen molar-refractivity contribution in [3.63, 3.8) is 0 Å². The van der Waals surface area contributed by atoms with Gasteiger partial charge < -0.3 is 5.11 Å². The Balaban J connectivity index is 2.96. The van der Waals surface area contributed by atoms with Gasteiger partial charge >= 0.3 is 0 Å². The Bertz CT molecular complexity index is 321.